The van der Waals surface area contributed by atoms with Crippen molar-refractivity contribution in [2.45, 2.75) is 46.5 Å². The summed E-state index contributed by atoms with van der Waals surface area (Å²) in [6, 6.07) is 7.52. The number of benzene rings is 1. The van der Waals surface area contributed by atoms with Crippen molar-refractivity contribution in [1.29, 1.82) is 0 Å². The van der Waals surface area contributed by atoms with Crippen LogP contribution in [0.5, 0.6) is 0 Å². The van der Waals surface area contributed by atoms with E-state index in [1.54, 1.807) is 0 Å². The monoisotopic (exact) mass is 334 g/mol. The molecule has 0 saturated heterocycles. The van der Waals surface area contributed by atoms with Crippen LogP contribution in [-0.4, -0.2) is 31.6 Å². The topological polar surface area (TPSA) is 67.4 Å². The maximum atomic E-state index is 11.7. The van der Waals surface area contributed by atoms with E-state index in [1.807, 2.05) is 31.2 Å². The van der Waals surface area contributed by atoms with Gasteiger partial charge in [-0.25, -0.2) is 0 Å². The molecule has 5 heteroatoms. The van der Waals surface area contributed by atoms with Gasteiger partial charge in [-0.15, -0.1) is 0 Å². The molecule has 0 aliphatic rings. The number of hydrogen-bond donors (Lipinski definition) is 2. The van der Waals surface area contributed by atoms with E-state index in [0.717, 1.165) is 24.1 Å². The van der Waals surface area contributed by atoms with Gasteiger partial charge in [0.15, 0.2) is 0 Å². The zero-order valence-electron chi connectivity index (χ0n) is 15.1. The summed E-state index contributed by atoms with van der Waals surface area (Å²) < 4.78 is 5.18. The lowest BCUT2D eigenvalue weighted by molar-refractivity contribution is -0.128. The highest BCUT2D eigenvalue weighted by Gasteiger charge is 2.09. The minimum absolute atomic E-state index is 0.0917. The molecule has 0 heterocycles. The first-order valence-electron chi connectivity index (χ1n) is 8.76. The fourth-order valence-electron chi connectivity index (χ4n) is 2.32. The molecule has 0 aromatic heterocycles. The molecule has 0 aliphatic carbocycles. The SMILES string of the molecule is CCCCC(CC)CNC(=O)COCC(=O)Nc1ccc(C)cc1. The first-order chi connectivity index (χ1) is 11.5. The molecule has 1 rings (SSSR count). The van der Waals surface area contributed by atoms with Gasteiger partial charge in [-0.2, -0.15) is 0 Å². The van der Waals surface area contributed by atoms with Crippen LogP contribution in [-0.2, 0) is 14.3 Å². The smallest absolute Gasteiger partial charge is 0.250 e. The molecule has 0 fully saturated rings. The second-order valence-corrected chi connectivity index (χ2v) is 6.13. The molecule has 0 spiro atoms. The standard InChI is InChI=1S/C19H30N2O3/c1-4-6-7-16(5-2)12-20-18(22)13-24-14-19(23)21-17-10-8-15(3)9-11-17/h8-11,16H,4-7,12-14H2,1-3H3,(H,20,22)(H,21,23). The van der Waals surface area contributed by atoms with Gasteiger partial charge in [0, 0.05) is 12.2 Å². The fraction of sp³-hybridized carbons (Fsp3) is 0.579. The van der Waals surface area contributed by atoms with E-state index in [4.69, 9.17) is 4.74 Å². The van der Waals surface area contributed by atoms with Crippen molar-refractivity contribution in [3.63, 3.8) is 0 Å². The predicted molar refractivity (Wildman–Crippen MR) is 96.9 cm³/mol. The molecule has 1 atom stereocenters. The van der Waals surface area contributed by atoms with Gasteiger partial charge in [-0.1, -0.05) is 50.8 Å². The highest BCUT2D eigenvalue weighted by molar-refractivity contribution is 5.91. The van der Waals surface area contributed by atoms with Gasteiger partial charge >= 0.3 is 0 Å². The Bertz CT molecular complexity index is 500. The first kappa shape index (κ1) is 20.2. The summed E-state index contributed by atoms with van der Waals surface area (Å²) in [6.07, 6.45) is 4.54. The second kappa shape index (κ2) is 11.6. The summed E-state index contributed by atoms with van der Waals surface area (Å²) in [5.41, 5.74) is 1.85. The largest absolute Gasteiger partial charge is 0.362 e. The van der Waals surface area contributed by atoms with E-state index in [0.29, 0.717) is 12.5 Å². The van der Waals surface area contributed by atoms with Gasteiger partial charge in [0.1, 0.15) is 13.2 Å². The molecule has 134 valence electrons. The minimum atomic E-state index is -0.263. The summed E-state index contributed by atoms with van der Waals surface area (Å²) in [4.78, 5) is 23.5. The fourth-order valence-corrected chi connectivity index (χ4v) is 2.32. The van der Waals surface area contributed by atoms with E-state index < -0.39 is 0 Å². The van der Waals surface area contributed by atoms with Crippen molar-refractivity contribution in [2.24, 2.45) is 5.92 Å². The first-order valence-corrected chi connectivity index (χ1v) is 8.76. The summed E-state index contributed by atoms with van der Waals surface area (Å²) in [6.45, 7) is 6.74. The Labute approximate surface area is 145 Å². The molecule has 2 amide bonds. The molecular weight excluding hydrogens is 304 g/mol. The molecule has 2 N–H and O–H groups in total. The maximum Gasteiger partial charge on any atom is 0.250 e. The van der Waals surface area contributed by atoms with Gasteiger partial charge in [0.2, 0.25) is 11.8 Å². The van der Waals surface area contributed by atoms with Crippen LogP contribution in [0.3, 0.4) is 0 Å². The molecule has 0 saturated carbocycles. The molecule has 1 aromatic carbocycles. The van der Waals surface area contributed by atoms with Crippen LogP contribution in [0.25, 0.3) is 0 Å². The number of hydrogen-bond acceptors (Lipinski definition) is 3. The van der Waals surface area contributed by atoms with Crippen LogP contribution < -0.4 is 10.6 Å². The molecule has 0 bridgehead atoms. The van der Waals surface area contributed by atoms with Gasteiger partial charge in [0.05, 0.1) is 0 Å². The van der Waals surface area contributed by atoms with Crippen molar-refractivity contribution in [3.05, 3.63) is 29.8 Å². The maximum absolute atomic E-state index is 11.7. The Kier molecular flexibility index (Phi) is 9.77. The second-order valence-electron chi connectivity index (χ2n) is 6.13. The van der Waals surface area contributed by atoms with Crippen molar-refractivity contribution >= 4 is 17.5 Å². The lowest BCUT2D eigenvalue weighted by Gasteiger charge is -2.15. The molecule has 24 heavy (non-hydrogen) atoms. The Morgan fingerprint density at radius 1 is 1.08 bits per heavy atom. The number of nitrogens with one attached hydrogen (secondary N) is 2. The third-order valence-electron chi connectivity index (χ3n) is 3.93. The summed E-state index contributed by atoms with van der Waals surface area (Å²) in [5, 5.41) is 5.61. The van der Waals surface area contributed by atoms with Crippen molar-refractivity contribution in [1.82, 2.24) is 5.32 Å². The van der Waals surface area contributed by atoms with Crippen molar-refractivity contribution in [3.8, 4) is 0 Å². The third kappa shape index (κ3) is 8.67. The molecule has 5 nitrogen and oxygen atoms in total. The highest BCUT2D eigenvalue weighted by Crippen LogP contribution is 2.11. The number of carbonyl (C=O) groups excluding carboxylic acids is 2. The number of aryl methyl sites for hydroxylation is 1. The average molecular weight is 334 g/mol. The van der Waals surface area contributed by atoms with E-state index >= 15 is 0 Å². The van der Waals surface area contributed by atoms with Crippen molar-refractivity contribution in [2.75, 3.05) is 25.1 Å². The molecule has 1 aromatic rings. The van der Waals surface area contributed by atoms with Crippen LogP contribution in [0.2, 0.25) is 0 Å². The zero-order valence-corrected chi connectivity index (χ0v) is 15.1. The number of anilines is 1. The summed E-state index contributed by atoms with van der Waals surface area (Å²) in [7, 11) is 0. The van der Waals surface area contributed by atoms with Crippen LogP contribution in [0.4, 0.5) is 5.69 Å². The lowest BCUT2D eigenvalue weighted by Crippen LogP contribution is -2.33. The quantitative estimate of drug-likeness (QED) is 0.652. The zero-order chi connectivity index (χ0) is 17.8. The molecule has 1 unspecified atom stereocenters. The van der Waals surface area contributed by atoms with E-state index in [2.05, 4.69) is 24.5 Å². The van der Waals surface area contributed by atoms with E-state index in [1.165, 1.54) is 12.8 Å². The third-order valence-corrected chi connectivity index (χ3v) is 3.93. The average Bonchev–Trinajstić information content (AvgIpc) is 2.57. The van der Waals surface area contributed by atoms with E-state index in [9.17, 15) is 9.59 Å². The summed E-state index contributed by atoms with van der Waals surface area (Å²) >= 11 is 0. The van der Waals surface area contributed by atoms with E-state index in [-0.39, 0.29) is 25.0 Å². The number of unbranched alkanes of at least 4 members (excludes halogenated alkanes) is 1. The number of amides is 2. The Morgan fingerprint density at radius 2 is 1.75 bits per heavy atom. The van der Waals surface area contributed by atoms with Crippen molar-refractivity contribution < 1.29 is 14.3 Å². The van der Waals surface area contributed by atoms with Gasteiger partial charge in [0.25, 0.3) is 0 Å². The Hall–Kier alpha value is -1.88. The Balaban J connectivity index is 2.17. The molecular formula is C19H30N2O3. The van der Waals surface area contributed by atoms with Gasteiger partial charge in [-0.3, -0.25) is 9.59 Å². The predicted octanol–water partition coefficient (Wildman–Crippen LogP) is 3.28. The van der Waals surface area contributed by atoms with Gasteiger partial charge < -0.3 is 15.4 Å². The molecule has 0 radical (unpaired) electrons. The Morgan fingerprint density at radius 3 is 2.38 bits per heavy atom. The number of ether oxygens (including phenoxy) is 1. The van der Waals surface area contributed by atoms with Crippen LogP contribution >= 0.6 is 0 Å². The minimum Gasteiger partial charge on any atom is -0.362 e. The normalized spacial score (nSPS) is 11.8. The number of rotatable bonds is 11. The van der Waals surface area contributed by atoms with Gasteiger partial charge in [-0.05, 0) is 31.4 Å². The molecule has 0 aliphatic heterocycles. The van der Waals surface area contributed by atoms with Crippen LogP contribution in [0.15, 0.2) is 24.3 Å². The number of carbonyl (C=O) groups is 2. The lowest BCUT2D eigenvalue weighted by atomic mass is 9.99. The summed E-state index contributed by atoms with van der Waals surface area (Å²) in [5.74, 6) is 0.0767. The highest BCUT2D eigenvalue weighted by atomic mass is 16.5. The van der Waals surface area contributed by atoms with Crippen LogP contribution in [0, 0.1) is 12.8 Å². The van der Waals surface area contributed by atoms with Crippen LogP contribution in [0.1, 0.15) is 45.1 Å².